The summed E-state index contributed by atoms with van der Waals surface area (Å²) < 4.78 is 23.2. The standard InChI is InChI=1S/C13H18FNO3/c1-8(15-13(16)9(2)17-3)10-5-6-12(18-4)11(14)7-10/h5-9H,1-4H3,(H,15,16). The molecule has 1 aromatic carbocycles. The molecule has 0 fully saturated rings. The van der Waals surface area contributed by atoms with Gasteiger partial charge in [-0.25, -0.2) is 4.39 Å². The second kappa shape index (κ2) is 6.35. The summed E-state index contributed by atoms with van der Waals surface area (Å²) in [5.74, 6) is -0.500. The van der Waals surface area contributed by atoms with Gasteiger partial charge in [0.25, 0.3) is 0 Å². The molecular formula is C13H18FNO3. The monoisotopic (exact) mass is 255 g/mol. The highest BCUT2D eigenvalue weighted by Crippen LogP contribution is 2.21. The summed E-state index contributed by atoms with van der Waals surface area (Å²) >= 11 is 0. The number of halogens is 1. The van der Waals surface area contributed by atoms with Crippen LogP contribution in [0, 0.1) is 5.82 Å². The number of carbonyl (C=O) groups is 1. The number of nitrogens with one attached hydrogen (secondary N) is 1. The third-order valence-electron chi connectivity index (χ3n) is 2.76. The maximum Gasteiger partial charge on any atom is 0.249 e. The van der Waals surface area contributed by atoms with E-state index in [0.717, 1.165) is 0 Å². The maximum atomic E-state index is 13.5. The van der Waals surface area contributed by atoms with Gasteiger partial charge in [0.2, 0.25) is 5.91 Å². The van der Waals surface area contributed by atoms with Crippen LogP contribution in [0.2, 0.25) is 0 Å². The molecule has 4 nitrogen and oxygen atoms in total. The van der Waals surface area contributed by atoms with Crippen molar-refractivity contribution < 1.29 is 18.7 Å². The molecule has 1 aromatic rings. The van der Waals surface area contributed by atoms with Crippen LogP contribution >= 0.6 is 0 Å². The molecule has 0 radical (unpaired) electrons. The molecule has 0 saturated heterocycles. The minimum absolute atomic E-state index is 0.183. The first-order chi connectivity index (χ1) is 8.49. The molecule has 1 amide bonds. The Balaban J connectivity index is 2.75. The minimum atomic E-state index is -0.532. The van der Waals surface area contributed by atoms with Crippen LogP contribution in [-0.4, -0.2) is 26.2 Å². The van der Waals surface area contributed by atoms with Crippen LogP contribution in [0.25, 0.3) is 0 Å². The van der Waals surface area contributed by atoms with Crippen molar-refractivity contribution in [3.8, 4) is 5.75 Å². The lowest BCUT2D eigenvalue weighted by atomic mass is 10.1. The molecule has 0 saturated carbocycles. The average Bonchev–Trinajstić information content (AvgIpc) is 2.37. The van der Waals surface area contributed by atoms with Crippen molar-refractivity contribution in [1.29, 1.82) is 0 Å². The molecule has 0 spiro atoms. The Hall–Kier alpha value is -1.62. The lowest BCUT2D eigenvalue weighted by molar-refractivity contribution is -0.130. The van der Waals surface area contributed by atoms with Gasteiger partial charge in [0.15, 0.2) is 11.6 Å². The first-order valence-electron chi connectivity index (χ1n) is 5.66. The molecule has 0 aliphatic rings. The Morgan fingerprint density at radius 2 is 2.00 bits per heavy atom. The lowest BCUT2D eigenvalue weighted by Gasteiger charge is -2.17. The fraction of sp³-hybridized carbons (Fsp3) is 0.462. The van der Waals surface area contributed by atoms with Crippen LogP contribution in [0.4, 0.5) is 4.39 Å². The minimum Gasteiger partial charge on any atom is -0.494 e. The Labute approximate surface area is 106 Å². The van der Waals surface area contributed by atoms with E-state index in [4.69, 9.17) is 9.47 Å². The molecule has 18 heavy (non-hydrogen) atoms. The topological polar surface area (TPSA) is 47.6 Å². The third-order valence-corrected chi connectivity index (χ3v) is 2.76. The van der Waals surface area contributed by atoms with Crippen LogP contribution in [0.15, 0.2) is 18.2 Å². The van der Waals surface area contributed by atoms with Crippen molar-refractivity contribution >= 4 is 5.91 Å². The summed E-state index contributed by atoms with van der Waals surface area (Å²) in [6, 6.07) is 4.30. The van der Waals surface area contributed by atoms with Crippen molar-refractivity contribution in [3.63, 3.8) is 0 Å². The van der Waals surface area contributed by atoms with Gasteiger partial charge in [-0.15, -0.1) is 0 Å². The van der Waals surface area contributed by atoms with Gasteiger partial charge < -0.3 is 14.8 Å². The molecule has 0 heterocycles. The van der Waals surface area contributed by atoms with Crippen LogP contribution in [0.1, 0.15) is 25.5 Å². The van der Waals surface area contributed by atoms with Crippen molar-refractivity contribution in [2.24, 2.45) is 0 Å². The number of amides is 1. The second-order valence-corrected chi connectivity index (χ2v) is 4.00. The number of hydrogen-bond acceptors (Lipinski definition) is 3. The number of rotatable bonds is 5. The summed E-state index contributed by atoms with van der Waals surface area (Å²) in [4.78, 5) is 11.6. The number of benzene rings is 1. The molecule has 2 atom stereocenters. The molecule has 100 valence electrons. The molecule has 0 aliphatic carbocycles. The van der Waals surface area contributed by atoms with Gasteiger partial charge >= 0.3 is 0 Å². The zero-order valence-corrected chi connectivity index (χ0v) is 11.0. The normalized spacial score (nSPS) is 13.8. The second-order valence-electron chi connectivity index (χ2n) is 4.00. The molecule has 0 aliphatic heterocycles. The van der Waals surface area contributed by atoms with E-state index in [9.17, 15) is 9.18 Å². The molecule has 0 bridgehead atoms. The highest BCUT2D eigenvalue weighted by atomic mass is 19.1. The van der Waals surface area contributed by atoms with Crippen LogP contribution in [-0.2, 0) is 9.53 Å². The zero-order valence-electron chi connectivity index (χ0n) is 11.0. The van der Waals surface area contributed by atoms with Crippen molar-refractivity contribution in [1.82, 2.24) is 5.32 Å². The van der Waals surface area contributed by atoms with Crippen molar-refractivity contribution in [3.05, 3.63) is 29.6 Å². The summed E-state index contributed by atoms with van der Waals surface area (Å²) in [5, 5.41) is 2.74. The van der Waals surface area contributed by atoms with E-state index < -0.39 is 11.9 Å². The first-order valence-corrected chi connectivity index (χ1v) is 5.66. The average molecular weight is 255 g/mol. The predicted molar refractivity (Wildman–Crippen MR) is 66.0 cm³/mol. The third kappa shape index (κ3) is 3.43. The van der Waals surface area contributed by atoms with Gasteiger partial charge in [-0.1, -0.05) is 6.07 Å². The van der Waals surface area contributed by atoms with E-state index >= 15 is 0 Å². The highest BCUT2D eigenvalue weighted by molar-refractivity contribution is 5.80. The van der Waals surface area contributed by atoms with Gasteiger partial charge in [-0.05, 0) is 31.5 Å². The Bertz CT molecular complexity index is 423. The van der Waals surface area contributed by atoms with Gasteiger partial charge in [-0.2, -0.15) is 0 Å². The molecule has 0 aromatic heterocycles. The first kappa shape index (κ1) is 14.4. The fourth-order valence-corrected chi connectivity index (χ4v) is 1.47. The molecule has 2 unspecified atom stereocenters. The number of carbonyl (C=O) groups excluding carboxylic acids is 1. The Morgan fingerprint density at radius 3 is 2.50 bits per heavy atom. The molecular weight excluding hydrogens is 237 g/mol. The van der Waals surface area contributed by atoms with Crippen LogP contribution < -0.4 is 10.1 Å². The Morgan fingerprint density at radius 1 is 1.33 bits per heavy atom. The quantitative estimate of drug-likeness (QED) is 0.876. The molecule has 5 heteroatoms. The predicted octanol–water partition coefficient (Wildman–Crippen LogP) is 2.05. The van der Waals surface area contributed by atoms with Crippen molar-refractivity contribution in [2.45, 2.75) is 26.0 Å². The fourth-order valence-electron chi connectivity index (χ4n) is 1.47. The Kier molecular flexibility index (Phi) is 5.09. The van der Waals surface area contributed by atoms with E-state index in [-0.39, 0.29) is 17.7 Å². The van der Waals surface area contributed by atoms with E-state index in [1.54, 1.807) is 19.9 Å². The number of methoxy groups -OCH3 is 2. The maximum absolute atomic E-state index is 13.5. The SMILES string of the molecule is COc1ccc(C(C)NC(=O)C(C)OC)cc1F. The lowest BCUT2D eigenvalue weighted by Crippen LogP contribution is -2.35. The summed E-state index contributed by atoms with van der Waals surface area (Å²) in [6.07, 6.45) is -0.532. The van der Waals surface area contributed by atoms with Crippen LogP contribution in [0.3, 0.4) is 0 Å². The summed E-state index contributed by atoms with van der Waals surface area (Å²) in [7, 11) is 2.87. The van der Waals surface area contributed by atoms with Crippen LogP contribution in [0.5, 0.6) is 5.75 Å². The van der Waals surface area contributed by atoms with Gasteiger partial charge in [0.05, 0.1) is 13.2 Å². The van der Waals surface area contributed by atoms with Gasteiger partial charge in [0.1, 0.15) is 6.10 Å². The summed E-state index contributed by atoms with van der Waals surface area (Å²) in [6.45, 7) is 3.43. The molecule has 1 rings (SSSR count). The van der Waals surface area contributed by atoms with Crippen molar-refractivity contribution in [2.75, 3.05) is 14.2 Å². The molecule has 1 N–H and O–H groups in total. The summed E-state index contributed by atoms with van der Waals surface area (Å²) in [5.41, 5.74) is 0.671. The zero-order chi connectivity index (χ0) is 13.7. The number of hydrogen-bond donors (Lipinski definition) is 1. The van der Waals surface area contributed by atoms with Gasteiger partial charge in [0, 0.05) is 7.11 Å². The van der Waals surface area contributed by atoms with E-state index in [1.165, 1.54) is 26.4 Å². The largest absolute Gasteiger partial charge is 0.494 e. The smallest absolute Gasteiger partial charge is 0.249 e. The highest BCUT2D eigenvalue weighted by Gasteiger charge is 2.16. The van der Waals surface area contributed by atoms with E-state index in [1.807, 2.05) is 0 Å². The van der Waals surface area contributed by atoms with E-state index in [0.29, 0.717) is 5.56 Å². The van der Waals surface area contributed by atoms with Gasteiger partial charge in [-0.3, -0.25) is 4.79 Å². The number of ether oxygens (including phenoxy) is 2. The van der Waals surface area contributed by atoms with E-state index in [2.05, 4.69) is 5.32 Å².